The lowest BCUT2D eigenvalue weighted by molar-refractivity contribution is 0.859. The Bertz CT molecular complexity index is 42.0. The zero-order valence-electron chi connectivity index (χ0n) is 2.42. The van der Waals surface area contributed by atoms with Crippen molar-refractivity contribution in [2.75, 3.05) is 0 Å². The third-order valence-electron chi connectivity index (χ3n) is 0.0964. The Morgan fingerprint density at radius 2 is 2.20 bits per heavy atom. The summed E-state index contributed by atoms with van der Waals surface area (Å²) in [6.07, 6.45) is 0. The maximum atomic E-state index is 5.89. The van der Waals surface area contributed by atoms with Crippen molar-refractivity contribution in [1.82, 2.24) is 0 Å². The number of nitrogens with two attached hydrogens (primary N) is 1. The third kappa shape index (κ3) is 3.00. The minimum absolute atomic E-state index is 2.44. The van der Waals surface area contributed by atoms with Gasteiger partial charge < -0.3 is 5.84 Å². The van der Waals surface area contributed by atoms with Gasteiger partial charge >= 0.3 is 0 Å². The van der Waals surface area contributed by atoms with Crippen LogP contribution in [0, 0.1) is 5.53 Å². The summed E-state index contributed by atoms with van der Waals surface area (Å²) >= 11 is 0. The van der Waals surface area contributed by atoms with E-state index >= 15 is 0 Å². The van der Waals surface area contributed by atoms with Crippen molar-refractivity contribution >= 4 is 0 Å². The van der Waals surface area contributed by atoms with Crippen LogP contribution in [0.1, 0.15) is 0 Å². The van der Waals surface area contributed by atoms with Crippen LogP contribution in [-0.2, 0) is 0 Å². The average molecular weight is 73.1 g/mol. The van der Waals surface area contributed by atoms with E-state index in [1.165, 1.54) is 0 Å². The van der Waals surface area contributed by atoms with E-state index in [-0.39, 0.29) is 0 Å². The molecule has 3 N–H and O–H groups in total. The van der Waals surface area contributed by atoms with Gasteiger partial charge in [0.2, 0.25) is 0 Å². The van der Waals surface area contributed by atoms with Crippen LogP contribution in [0.25, 0.3) is 0 Å². The predicted octanol–water partition coefficient (Wildman–Crippen LogP) is 0.258. The number of nitrogens with zero attached hydrogens (tertiary/aromatic N) is 3. The molecule has 0 aliphatic heterocycles. The Labute approximate surface area is 28.3 Å². The molecule has 0 aromatic carbocycles. The maximum Gasteiger partial charge on any atom is -0.00630 e. The van der Waals surface area contributed by atoms with E-state index in [1.807, 2.05) is 0 Å². The molecule has 0 amide bonds. The molecule has 0 aromatic rings. The fourth-order valence-corrected chi connectivity index (χ4v) is 0.0258. The molecule has 5 heavy (non-hydrogen) atoms. The summed E-state index contributed by atoms with van der Waals surface area (Å²) < 4.78 is 0. The van der Waals surface area contributed by atoms with Gasteiger partial charge in [-0.2, -0.15) is 5.53 Å². The van der Waals surface area contributed by atoms with Gasteiger partial charge in [-0.1, -0.05) is 5.22 Å². The van der Waals surface area contributed by atoms with Crippen molar-refractivity contribution in [3.63, 3.8) is 0 Å². The van der Waals surface area contributed by atoms with Crippen LogP contribution < -0.4 is 5.84 Å². The molecule has 5 nitrogen and oxygen atoms in total. The van der Waals surface area contributed by atoms with Crippen LogP contribution in [0.2, 0.25) is 0 Å². The zero-order chi connectivity index (χ0) is 4.12. The molecule has 0 aromatic heterocycles. The van der Waals surface area contributed by atoms with Gasteiger partial charge in [0.1, 0.15) is 0 Å². The molecule has 0 saturated carbocycles. The lowest BCUT2D eigenvalue weighted by atomic mass is 12.5. The SMILES string of the molecule is N=N/N=N/N. The Hall–Kier alpha value is -1.00. The van der Waals surface area contributed by atoms with Crippen molar-refractivity contribution in [1.29, 1.82) is 5.53 Å². The van der Waals surface area contributed by atoms with Crippen molar-refractivity contribution in [2.45, 2.75) is 0 Å². The average Bonchev–Trinajstić information content (AvgIpc) is 1.41. The van der Waals surface area contributed by atoms with Gasteiger partial charge in [-0.15, -0.1) is 0 Å². The zero-order valence-corrected chi connectivity index (χ0v) is 2.42. The van der Waals surface area contributed by atoms with Gasteiger partial charge in [-0.05, 0) is 10.4 Å². The molecule has 5 heteroatoms. The summed E-state index contributed by atoms with van der Waals surface area (Å²) in [5.41, 5.74) is 5.89. The molecule has 0 radical (unpaired) electrons. The third-order valence-corrected chi connectivity index (χ3v) is 0.0964. The van der Waals surface area contributed by atoms with Crippen LogP contribution in [0.15, 0.2) is 15.7 Å². The van der Waals surface area contributed by atoms with Crippen LogP contribution in [0.5, 0.6) is 0 Å². The highest BCUT2D eigenvalue weighted by atomic mass is 15.5. The van der Waals surface area contributed by atoms with E-state index in [0.717, 1.165) is 0 Å². The molecule has 0 rings (SSSR count). The number of hydrogen-bond acceptors (Lipinski definition) is 2. The minimum Gasteiger partial charge on any atom is -0.303 e. The Morgan fingerprint density at radius 1 is 1.60 bits per heavy atom. The first kappa shape index (κ1) is 4.00. The van der Waals surface area contributed by atoms with Gasteiger partial charge in [-0.25, -0.2) is 0 Å². The molecule has 0 bridgehead atoms. The monoisotopic (exact) mass is 73.0 g/mol. The molecule has 28 valence electrons. The van der Waals surface area contributed by atoms with E-state index in [1.54, 1.807) is 0 Å². The van der Waals surface area contributed by atoms with Crippen molar-refractivity contribution in [3.05, 3.63) is 0 Å². The van der Waals surface area contributed by atoms with Crippen molar-refractivity contribution in [3.8, 4) is 0 Å². The second kappa shape index (κ2) is 3.00. The lowest BCUT2D eigenvalue weighted by Gasteiger charge is -1.56. The topological polar surface area (TPSA) is 87.0 Å². The summed E-state index contributed by atoms with van der Waals surface area (Å²) in [5, 5.41) is 7.73. The van der Waals surface area contributed by atoms with Gasteiger partial charge in [-0.3, -0.25) is 0 Å². The van der Waals surface area contributed by atoms with Crippen LogP contribution >= 0.6 is 0 Å². The van der Waals surface area contributed by atoms with Gasteiger partial charge in [0.15, 0.2) is 0 Å². The predicted molar refractivity (Wildman–Crippen MR) is 14.2 cm³/mol. The summed E-state index contributed by atoms with van der Waals surface area (Å²) in [5.74, 6) is 4.38. The number of rotatable bonds is 1. The highest BCUT2D eigenvalue weighted by Crippen LogP contribution is 1.60. The largest absolute Gasteiger partial charge is 0.303 e. The standard InChI is InChI=1S/H3N5/c1-3-5-4-2/h(H3,1,2,5). The van der Waals surface area contributed by atoms with E-state index in [2.05, 4.69) is 21.5 Å². The highest BCUT2D eigenvalue weighted by Gasteiger charge is 1.43. The van der Waals surface area contributed by atoms with Crippen molar-refractivity contribution in [2.24, 2.45) is 21.5 Å². The fraction of sp³-hybridized carbons (Fsp3) is 0. The molecular formula is H3N5. The Balaban J connectivity index is 2.92. The number of hydrogen-bond donors (Lipinski definition) is 2. The molecule has 0 unspecified atom stereocenters. The molecule has 0 aliphatic carbocycles. The quantitative estimate of drug-likeness (QED) is 0.260. The summed E-state index contributed by atoms with van der Waals surface area (Å²) in [6, 6.07) is 0. The van der Waals surface area contributed by atoms with Gasteiger partial charge in [0.25, 0.3) is 0 Å². The summed E-state index contributed by atoms with van der Waals surface area (Å²) in [7, 11) is 0. The first-order valence-electron chi connectivity index (χ1n) is 0.882. The molecule has 0 atom stereocenters. The van der Waals surface area contributed by atoms with Crippen LogP contribution in [0.3, 0.4) is 0 Å². The summed E-state index contributed by atoms with van der Waals surface area (Å²) in [6.45, 7) is 0. The fourth-order valence-electron chi connectivity index (χ4n) is 0.0258. The molecule has 0 spiro atoms. The molecular weight excluding hydrogens is 70.0 g/mol. The lowest BCUT2D eigenvalue weighted by Crippen LogP contribution is -1.69. The first-order valence-corrected chi connectivity index (χ1v) is 0.882. The smallest absolute Gasteiger partial charge is 0.00630 e. The Morgan fingerprint density at radius 3 is 2.20 bits per heavy atom. The van der Waals surface area contributed by atoms with Crippen LogP contribution in [0.4, 0.5) is 0 Å². The second-order valence-electron chi connectivity index (χ2n) is 0.305. The molecule has 0 aliphatic rings. The van der Waals surface area contributed by atoms with E-state index in [0.29, 0.717) is 0 Å². The van der Waals surface area contributed by atoms with Crippen LogP contribution in [-0.4, -0.2) is 0 Å². The van der Waals surface area contributed by atoms with Gasteiger partial charge in [0.05, 0.1) is 0 Å². The minimum atomic E-state index is 2.44. The van der Waals surface area contributed by atoms with E-state index in [9.17, 15) is 0 Å². The van der Waals surface area contributed by atoms with E-state index in [4.69, 9.17) is 5.53 Å². The van der Waals surface area contributed by atoms with E-state index < -0.39 is 0 Å². The summed E-state index contributed by atoms with van der Waals surface area (Å²) in [4.78, 5) is 0. The molecule has 0 heterocycles. The maximum absolute atomic E-state index is 5.89. The Kier molecular flexibility index (Phi) is 2.40. The molecule has 0 fully saturated rings. The molecule has 0 saturated heterocycles. The van der Waals surface area contributed by atoms with Gasteiger partial charge in [0, 0.05) is 0 Å². The van der Waals surface area contributed by atoms with Crippen molar-refractivity contribution < 1.29 is 0 Å². The second-order valence-corrected chi connectivity index (χ2v) is 0.305. The highest BCUT2D eigenvalue weighted by molar-refractivity contribution is 3.87. The number of nitrogens with one attached hydrogen (secondary N) is 1. The normalized spacial score (nSPS) is 8.80. The first-order chi connectivity index (χ1) is 2.41.